The molecule has 4 rings (SSSR count). The second kappa shape index (κ2) is 15.5. The third-order valence-corrected chi connectivity index (χ3v) is 9.31. The zero-order chi connectivity index (χ0) is 31.5. The van der Waals surface area contributed by atoms with Gasteiger partial charge in [0, 0.05) is 24.5 Å². The second-order valence-electron chi connectivity index (χ2n) is 10.7. The first-order valence-corrected chi connectivity index (χ1v) is 16.5. The molecule has 0 fully saturated rings. The lowest BCUT2D eigenvalue weighted by atomic mass is 10.0. The summed E-state index contributed by atoms with van der Waals surface area (Å²) in [7, 11) is -4.13. The Balaban J connectivity index is 1.78. The Bertz CT molecular complexity index is 1630. The van der Waals surface area contributed by atoms with Gasteiger partial charge in [0.25, 0.3) is 10.0 Å². The lowest BCUT2D eigenvalue weighted by Gasteiger charge is -2.34. The number of benzene rings is 4. The van der Waals surface area contributed by atoms with E-state index in [1.165, 1.54) is 17.0 Å². The Labute approximate surface area is 265 Å². The van der Waals surface area contributed by atoms with Crippen LogP contribution in [-0.2, 0) is 32.6 Å². The number of halogens is 1. The molecule has 2 amide bonds. The van der Waals surface area contributed by atoms with Crippen LogP contribution in [0.2, 0.25) is 5.02 Å². The highest BCUT2D eigenvalue weighted by Gasteiger charge is 2.34. The van der Waals surface area contributed by atoms with Gasteiger partial charge in [-0.25, -0.2) is 8.42 Å². The fraction of sp³-hybridized carbons (Fsp3) is 0.257. The van der Waals surface area contributed by atoms with E-state index in [9.17, 15) is 18.0 Å². The van der Waals surface area contributed by atoms with Gasteiger partial charge in [0.15, 0.2) is 0 Å². The van der Waals surface area contributed by atoms with E-state index in [1.54, 1.807) is 60.7 Å². The lowest BCUT2D eigenvalue weighted by molar-refractivity contribution is -0.140. The van der Waals surface area contributed by atoms with Gasteiger partial charge < -0.3 is 10.2 Å². The molecule has 0 aromatic heterocycles. The molecule has 0 spiro atoms. The van der Waals surface area contributed by atoms with Crippen molar-refractivity contribution in [1.29, 1.82) is 0 Å². The summed E-state index contributed by atoms with van der Waals surface area (Å²) < 4.78 is 29.2. The second-order valence-corrected chi connectivity index (χ2v) is 13.0. The van der Waals surface area contributed by atoms with Gasteiger partial charge in [-0.15, -0.1) is 0 Å². The summed E-state index contributed by atoms with van der Waals surface area (Å²) in [5, 5.41) is 3.54. The van der Waals surface area contributed by atoms with Crippen molar-refractivity contribution < 1.29 is 18.0 Å². The van der Waals surface area contributed by atoms with Crippen molar-refractivity contribution >= 4 is 39.1 Å². The van der Waals surface area contributed by atoms with Crippen LogP contribution in [-0.4, -0.2) is 44.3 Å². The maximum Gasteiger partial charge on any atom is 0.264 e. The van der Waals surface area contributed by atoms with Crippen LogP contribution in [0.4, 0.5) is 5.69 Å². The zero-order valence-electron chi connectivity index (χ0n) is 25.0. The van der Waals surface area contributed by atoms with Crippen LogP contribution < -0.4 is 9.62 Å². The van der Waals surface area contributed by atoms with E-state index in [2.05, 4.69) is 5.32 Å². The summed E-state index contributed by atoms with van der Waals surface area (Å²) in [6.07, 6.45) is 1.96. The van der Waals surface area contributed by atoms with Gasteiger partial charge in [-0.1, -0.05) is 97.7 Å². The van der Waals surface area contributed by atoms with Crippen molar-refractivity contribution in [2.24, 2.45) is 0 Å². The minimum Gasteiger partial charge on any atom is -0.354 e. The van der Waals surface area contributed by atoms with E-state index in [0.29, 0.717) is 17.3 Å². The number of carbonyl (C=O) groups is 2. The van der Waals surface area contributed by atoms with E-state index in [1.807, 2.05) is 50.2 Å². The number of sulfonamides is 1. The standard InChI is InChI=1S/C35H38ClN3O4S/c1-3-4-22-37-35(41)33(24-28-13-7-5-8-14-28)38(25-29-18-20-30(36)21-19-29)34(40)26-39(31-15-11-12-27(2)23-31)44(42,43)32-16-9-6-10-17-32/h5-21,23,33H,3-4,22,24-26H2,1-2H3,(H,37,41)/t33-/m1/s1. The van der Waals surface area contributed by atoms with Crippen molar-refractivity contribution in [3.05, 3.63) is 131 Å². The molecule has 230 valence electrons. The number of aryl methyl sites for hydroxylation is 1. The molecule has 0 unspecified atom stereocenters. The minimum atomic E-state index is -4.13. The molecular weight excluding hydrogens is 594 g/mol. The molecule has 0 aliphatic rings. The van der Waals surface area contributed by atoms with Crippen LogP contribution in [0.5, 0.6) is 0 Å². The Morgan fingerprint density at radius 2 is 1.50 bits per heavy atom. The highest BCUT2D eigenvalue weighted by atomic mass is 35.5. The van der Waals surface area contributed by atoms with E-state index >= 15 is 0 Å². The van der Waals surface area contributed by atoms with Crippen LogP contribution in [0, 0.1) is 6.92 Å². The predicted molar refractivity (Wildman–Crippen MR) is 176 cm³/mol. The summed E-state index contributed by atoms with van der Waals surface area (Å²) in [5.74, 6) is -0.801. The number of unbranched alkanes of at least 4 members (excludes halogenated alkanes) is 1. The Kier molecular flexibility index (Phi) is 11.6. The first kappa shape index (κ1) is 32.8. The molecule has 7 nitrogen and oxygen atoms in total. The molecule has 0 saturated heterocycles. The predicted octanol–water partition coefficient (Wildman–Crippen LogP) is 6.40. The smallest absolute Gasteiger partial charge is 0.264 e. The first-order chi connectivity index (χ1) is 21.2. The SMILES string of the molecule is CCCCNC(=O)[C@@H](Cc1ccccc1)N(Cc1ccc(Cl)cc1)C(=O)CN(c1cccc(C)c1)S(=O)(=O)c1ccccc1. The third kappa shape index (κ3) is 8.71. The van der Waals surface area contributed by atoms with Gasteiger partial charge in [-0.05, 0) is 66.4 Å². The fourth-order valence-corrected chi connectivity index (χ4v) is 6.43. The molecular formula is C35H38ClN3O4S. The van der Waals surface area contributed by atoms with Gasteiger partial charge in [0.2, 0.25) is 11.8 Å². The summed E-state index contributed by atoms with van der Waals surface area (Å²) in [6, 6.07) is 30.7. The van der Waals surface area contributed by atoms with E-state index in [-0.39, 0.29) is 23.8 Å². The molecule has 4 aromatic rings. The average Bonchev–Trinajstić information content (AvgIpc) is 3.03. The van der Waals surface area contributed by atoms with Crippen LogP contribution in [0.15, 0.2) is 114 Å². The van der Waals surface area contributed by atoms with Gasteiger partial charge in [-0.2, -0.15) is 0 Å². The number of nitrogens with one attached hydrogen (secondary N) is 1. The van der Waals surface area contributed by atoms with E-state index in [0.717, 1.165) is 33.8 Å². The summed E-state index contributed by atoms with van der Waals surface area (Å²) in [5.41, 5.74) is 2.85. The Morgan fingerprint density at radius 1 is 0.841 bits per heavy atom. The van der Waals surface area contributed by atoms with Crippen molar-refractivity contribution in [3.8, 4) is 0 Å². The van der Waals surface area contributed by atoms with Crippen molar-refractivity contribution in [2.75, 3.05) is 17.4 Å². The summed E-state index contributed by atoms with van der Waals surface area (Å²) in [6.45, 7) is 3.96. The molecule has 9 heteroatoms. The largest absolute Gasteiger partial charge is 0.354 e. The quantitative estimate of drug-likeness (QED) is 0.163. The number of amides is 2. The number of anilines is 1. The molecule has 0 aliphatic carbocycles. The molecule has 44 heavy (non-hydrogen) atoms. The molecule has 1 atom stereocenters. The Morgan fingerprint density at radius 3 is 2.14 bits per heavy atom. The molecule has 0 heterocycles. The van der Waals surface area contributed by atoms with Crippen LogP contribution >= 0.6 is 11.6 Å². The molecule has 0 aliphatic heterocycles. The highest BCUT2D eigenvalue weighted by molar-refractivity contribution is 7.92. The van der Waals surface area contributed by atoms with Crippen molar-refractivity contribution in [3.63, 3.8) is 0 Å². The third-order valence-electron chi connectivity index (χ3n) is 7.27. The minimum absolute atomic E-state index is 0.0664. The van der Waals surface area contributed by atoms with Crippen LogP contribution in [0.1, 0.15) is 36.5 Å². The summed E-state index contributed by atoms with van der Waals surface area (Å²) >= 11 is 6.14. The monoisotopic (exact) mass is 631 g/mol. The Hall–Kier alpha value is -4.14. The van der Waals surface area contributed by atoms with Crippen LogP contribution in [0.25, 0.3) is 0 Å². The van der Waals surface area contributed by atoms with E-state index in [4.69, 9.17) is 11.6 Å². The van der Waals surface area contributed by atoms with Gasteiger partial charge in [0.05, 0.1) is 10.6 Å². The number of carbonyl (C=O) groups excluding carboxylic acids is 2. The number of nitrogens with zero attached hydrogens (tertiary/aromatic N) is 2. The van der Waals surface area contributed by atoms with E-state index < -0.39 is 28.5 Å². The molecule has 4 aromatic carbocycles. The lowest BCUT2D eigenvalue weighted by Crippen LogP contribution is -2.53. The zero-order valence-corrected chi connectivity index (χ0v) is 26.6. The topological polar surface area (TPSA) is 86.8 Å². The fourth-order valence-electron chi connectivity index (χ4n) is 4.88. The van der Waals surface area contributed by atoms with Crippen LogP contribution in [0.3, 0.4) is 0 Å². The normalized spacial score (nSPS) is 11.9. The average molecular weight is 632 g/mol. The molecule has 0 radical (unpaired) electrons. The van der Waals surface area contributed by atoms with Gasteiger partial charge in [-0.3, -0.25) is 13.9 Å². The van der Waals surface area contributed by atoms with Crippen molar-refractivity contribution in [1.82, 2.24) is 10.2 Å². The maximum absolute atomic E-state index is 14.4. The molecule has 0 bridgehead atoms. The molecule has 1 N–H and O–H groups in total. The number of rotatable bonds is 14. The number of hydrogen-bond acceptors (Lipinski definition) is 4. The highest BCUT2D eigenvalue weighted by Crippen LogP contribution is 2.26. The van der Waals surface area contributed by atoms with Gasteiger partial charge >= 0.3 is 0 Å². The number of hydrogen-bond donors (Lipinski definition) is 1. The summed E-state index contributed by atoms with van der Waals surface area (Å²) in [4.78, 5) is 29.8. The first-order valence-electron chi connectivity index (χ1n) is 14.7. The maximum atomic E-state index is 14.4. The van der Waals surface area contributed by atoms with Crippen molar-refractivity contribution in [2.45, 2.75) is 50.6 Å². The van der Waals surface area contributed by atoms with Gasteiger partial charge in [0.1, 0.15) is 12.6 Å². The molecule has 0 saturated carbocycles.